The molecule has 1 aromatic heterocycles. The molecule has 0 aliphatic carbocycles. The van der Waals surface area contributed by atoms with Gasteiger partial charge in [-0.2, -0.15) is 0 Å². The predicted octanol–water partition coefficient (Wildman–Crippen LogP) is 3.43. The van der Waals surface area contributed by atoms with Crippen molar-refractivity contribution in [1.29, 1.82) is 0 Å². The lowest BCUT2D eigenvalue weighted by atomic mass is 10.1. The summed E-state index contributed by atoms with van der Waals surface area (Å²) in [6.45, 7) is 7.82. The number of nitrogens with zero attached hydrogens (tertiary/aromatic N) is 1. The SMILES string of the molecule is Cc1[nH]c2ccc(OCCN3C(C)CCC3C)cc2c1C(=O)O. The van der Waals surface area contributed by atoms with Crippen LogP contribution >= 0.6 is 0 Å². The molecular weight excluding hydrogens is 292 g/mol. The second kappa shape index (κ2) is 6.24. The number of carboxylic acid groups (broad SMARTS) is 1. The third kappa shape index (κ3) is 3.06. The fraction of sp³-hybridized carbons (Fsp3) is 0.500. The van der Waals surface area contributed by atoms with Crippen molar-refractivity contribution in [1.82, 2.24) is 9.88 Å². The van der Waals surface area contributed by atoms with Crippen LogP contribution < -0.4 is 4.74 Å². The minimum absolute atomic E-state index is 0.326. The molecule has 0 radical (unpaired) electrons. The van der Waals surface area contributed by atoms with E-state index in [1.807, 2.05) is 18.2 Å². The Morgan fingerprint density at radius 1 is 1.35 bits per heavy atom. The van der Waals surface area contributed by atoms with Crippen LogP contribution in [0, 0.1) is 6.92 Å². The minimum atomic E-state index is -0.911. The number of ether oxygens (including phenoxy) is 1. The highest BCUT2D eigenvalue weighted by molar-refractivity contribution is 6.05. The summed E-state index contributed by atoms with van der Waals surface area (Å²) in [5.41, 5.74) is 1.82. The highest BCUT2D eigenvalue weighted by Gasteiger charge is 2.26. The molecule has 5 heteroatoms. The quantitative estimate of drug-likeness (QED) is 0.887. The molecule has 2 aromatic rings. The third-order valence-corrected chi connectivity index (χ3v) is 4.92. The first-order valence-electron chi connectivity index (χ1n) is 8.21. The average molecular weight is 316 g/mol. The number of H-pyrrole nitrogens is 1. The van der Waals surface area contributed by atoms with Crippen LogP contribution in [0.3, 0.4) is 0 Å². The molecule has 0 amide bonds. The van der Waals surface area contributed by atoms with Gasteiger partial charge in [0, 0.05) is 35.2 Å². The molecule has 1 fully saturated rings. The maximum atomic E-state index is 11.4. The second-order valence-corrected chi connectivity index (χ2v) is 6.50. The van der Waals surface area contributed by atoms with Gasteiger partial charge in [-0.3, -0.25) is 4.90 Å². The van der Waals surface area contributed by atoms with Crippen molar-refractivity contribution >= 4 is 16.9 Å². The molecular formula is C18H24N2O3. The molecule has 0 spiro atoms. The summed E-state index contributed by atoms with van der Waals surface area (Å²) >= 11 is 0. The Kier molecular flexibility index (Phi) is 4.31. The minimum Gasteiger partial charge on any atom is -0.492 e. The Morgan fingerprint density at radius 2 is 2.04 bits per heavy atom. The van der Waals surface area contributed by atoms with E-state index in [4.69, 9.17) is 4.74 Å². The lowest BCUT2D eigenvalue weighted by Crippen LogP contribution is -2.36. The zero-order valence-corrected chi connectivity index (χ0v) is 13.9. The van der Waals surface area contributed by atoms with Crippen LogP contribution in [0.2, 0.25) is 0 Å². The van der Waals surface area contributed by atoms with Gasteiger partial charge in [-0.15, -0.1) is 0 Å². The number of aromatic carboxylic acids is 1. The zero-order chi connectivity index (χ0) is 16.6. The molecule has 2 heterocycles. The molecule has 2 unspecified atom stereocenters. The molecule has 5 nitrogen and oxygen atoms in total. The number of aryl methyl sites for hydroxylation is 1. The van der Waals surface area contributed by atoms with Crippen LogP contribution in [0.15, 0.2) is 18.2 Å². The van der Waals surface area contributed by atoms with E-state index < -0.39 is 5.97 Å². The van der Waals surface area contributed by atoms with Gasteiger partial charge in [0.25, 0.3) is 0 Å². The van der Waals surface area contributed by atoms with Crippen LogP contribution in [0.4, 0.5) is 0 Å². The number of likely N-dealkylation sites (tertiary alicyclic amines) is 1. The third-order valence-electron chi connectivity index (χ3n) is 4.92. The first-order chi connectivity index (χ1) is 11.0. The molecule has 0 saturated carbocycles. The van der Waals surface area contributed by atoms with Crippen LogP contribution in [0.1, 0.15) is 42.7 Å². The molecule has 2 atom stereocenters. The van der Waals surface area contributed by atoms with E-state index in [0.29, 0.717) is 35.3 Å². The maximum absolute atomic E-state index is 11.4. The number of aromatic nitrogens is 1. The number of hydrogen-bond donors (Lipinski definition) is 2. The highest BCUT2D eigenvalue weighted by atomic mass is 16.5. The number of carboxylic acids is 1. The number of fused-ring (bicyclic) bond motifs is 1. The Morgan fingerprint density at radius 3 is 2.70 bits per heavy atom. The van der Waals surface area contributed by atoms with Crippen molar-refractivity contribution in [2.45, 2.75) is 45.7 Å². The zero-order valence-electron chi connectivity index (χ0n) is 13.9. The van der Waals surface area contributed by atoms with Gasteiger partial charge < -0.3 is 14.8 Å². The standard InChI is InChI=1S/C18H24N2O3/c1-11-4-5-12(2)20(11)8-9-23-14-6-7-16-15(10-14)17(18(21)22)13(3)19-16/h6-7,10-12,19H,4-5,8-9H2,1-3H3,(H,21,22). The largest absolute Gasteiger partial charge is 0.492 e. The Balaban J connectivity index is 1.71. The van der Waals surface area contributed by atoms with E-state index in [2.05, 4.69) is 23.7 Å². The molecule has 1 aliphatic rings. The van der Waals surface area contributed by atoms with Crippen LogP contribution in [-0.4, -0.2) is 46.2 Å². The number of hydrogen-bond acceptors (Lipinski definition) is 3. The molecule has 124 valence electrons. The van der Waals surface area contributed by atoms with E-state index in [-0.39, 0.29) is 0 Å². The van der Waals surface area contributed by atoms with Gasteiger partial charge in [0.1, 0.15) is 12.4 Å². The normalized spacial score (nSPS) is 21.9. The van der Waals surface area contributed by atoms with Crippen LogP contribution in [-0.2, 0) is 0 Å². The Labute approximate surface area is 136 Å². The number of benzene rings is 1. The van der Waals surface area contributed by atoms with Gasteiger partial charge in [0.15, 0.2) is 0 Å². The smallest absolute Gasteiger partial charge is 0.338 e. The van der Waals surface area contributed by atoms with Gasteiger partial charge in [0.05, 0.1) is 5.56 Å². The summed E-state index contributed by atoms with van der Waals surface area (Å²) in [6.07, 6.45) is 2.50. The first kappa shape index (κ1) is 15.9. The van der Waals surface area contributed by atoms with Crippen molar-refractivity contribution in [3.8, 4) is 5.75 Å². The van der Waals surface area contributed by atoms with Gasteiger partial charge >= 0.3 is 5.97 Å². The van der Waals surface area contributed by atoms with Crippen molar-refractivity contribution in [3.05, 3.63) is 29.5 Å². The van der Waals surface area contributed by atoms with E-state index in [9.17, 15) is 9.90 Å². The van der Waals surface area contributed by atoms with Crippen LogP contribution in [0.25, 0.3) is 10.9 Å². The van der Waals surface area contributed by atoms with Gasteiger partial charge in [-0.25, -0.2) is 4.79 Å². The summed E-state index contributed by atoms with van der Waals surface area (Å²) in [7, 11) is 0. The van der Waals surface area contributed by atoms with Gasteiger partial charge in [-0.05, 0) is 51.8 Å². The molecule has 1 aliphatic heterocycles. The molecule has 1 saturated heterocycles. The van der Waals surface area contributed by atoms with Gasteiger partial charge in [0.2, 0.25) is 0 Å². The molecule has 1 aromatic carbocycles. The molecule has 2 N–H and O–H groups in total. The van der Waals surface area contributed by atoms with E-state index >= 15 is 0 Å². The van der Waals surface area contributed by atoms with Crippen molar-refractivity contribution < 1.29 is 14.6 Å². The lowest BCUT2D eigenvalue weighted by molar-refractivity contribution is 0.0698. The Bertz CT molecular complexity index is 712. The Hall–Kier alpha value is -2.01. The number of carbonyl (C=O) groups is 1. The fourth-order valence-electron chi connectivity index (χ4n) is 3.63. The van der Waals surface area contributed by atoms with Crippen molar-refractivity contribution in [3.63, 3.8) is 0 Å². The summed E-state index contributed by atoms with van der Waals surface area (Å²) in [6, 6.07) is 6.81. The molecule has 0 bridgehead atoms. The highest BCUT2D eigenvalue weighted by Crippen LogP contribution is 2.27. The summed E-state index contributed by atoms with van der Waals surface area (Å²) in [4.78, 5) is 17.0. The summed E-state index contributed by atoms with van der Waals surface area (Å²) in [5.74, 6) is -0.191. The molecule has 23 heavy (non-hydrogen) atoms. The summed E-state index contributed by atoms with van der Waals surface area (Å²) < 4.78 is 5.87. The van der Waals surface area contributed by atoms with E-state index in [0.717, 1.165) is 17.8 Å². The number of aromatic amines is 1. The predicted molar refractivity (Wildman–Crippen MR) is 90.4 cm³/mol. The van der Waals surface area contributed by atoms with Crippen LogP contribution in [0.5, 0.6) is 5.75 Å². The maximum Gasteiger partial charge on any atom is 0.338 e. The lowest BCUT2D eigenvalue weighted by Gasteiger charge is -2.25. The number of rotatable bonds is 5. The van der Waals surface area contributed by atoms with E-state index in [1.165, 1.54) is 12.8 Å². The monoisotopic (exact) mass is 316 g/mol. The number of nitrogens with one attached hydrogen (secondary N) is 1. The van der Waals surface area contributed by atoms with Gasteiger partial charge in [-0.1, -0.05) is 0 Å². The van der Waals surface area contributed by atoms with E-state index in [1.54, 1.807) is 6.92 Å². The van der Waals surface area contributed by atoms with Crippen molar-refractivity contribution in [2.75, 3.05) is 13.2 Å². The fourth-order valence-corrected chi connectivity index (χ4v) is 3.63. The summed E-state index contributed by atoms with van der Waals surface area (Å²) in [5, 5.41) is 10.1. The topological polar surface area (TPSA) is 65.6 Å². The second-order valence-electron chi connectivity index (χ2n) is 6.50. The first-order valence-corrected chi connectivity index (χ1v) is 8.21. The molecule has 3 rings (SSSR count). The average Bonchev–Trinajstić information content (AvgIpc) is 2.99. The van der Waals surface area contributed by atoms with Crippen molar-refractivity contribution in [2.24, 2.45) is 0 Å².